The minimum Gasteiger partial charge on any atom is -0.192 e. The Morgan fingerprint density at radius 2 is 0.750 bits per heavy atom. The molecule has 0 radical (unpaired) electrons. The van der Waals surface area contributed by atoms with E-state index in [4.69, 9.17) is 0 Å². The molecule has 1 rings (SSSR count). The Balaban J connectivity index is 2.31. The van der Waals surface area contributed by atoms with Gasteiger partial charge in [0, 0.05) is 9.79 Å². The fourth-order valence-corrected chi connectivity index (χ4v) is 6.81. The Hall–Kier alpha value is -1.10. The number of nitrogens with zero attached hydrogens (tertiary/aromatic N) is 2. The molecule has 36 heavy (non-hydrogen) atoms. The van der Waals surface area contributed by atoms with Gasteiger partial charge in [0.25, 0.3) is 0 Å². The fourth-order valence-electron chi connectivity index (χ4n) is 4.51. The van der Waals surface area contributed by atoms with Crippen molar-refractivity contribution in [1.29, 1.82) is 10.5 Å². The highest BCUT2D eigenvalue weighted by Gasteiger charge is 2.11. The summed E-state index contributed by atoms with van der Waals surface area (Å²) in [5.41, 5.74) is 1.04. The number of unbranched alkanes of at least 4 members (excludes halogenated alkanes) is 18. The second-order valence-electron chi connectivity index (χ2n) is 10.1. The van der Waals surface area contributed by atoms with Crippen LogP contribution in [-0.4, -0.2) is 11.5 Å². The molecule has 1 aromatic rings. The fraction of sp³-hybridized carbons (Fsp3) is 0.750. The molecule has 2 nitrogen and oxygen atoms in total. The van der Waals surface area contributed by atoms with E-state index in [0.29, 0.717) is 11.1 Å². The van der Waals surface area contributed by atoms with Gasteiger partial charge < -0.3 is 0 Å². The molecule has 0 N–H and O–H groups in total. The minimum absolute atomic E-state index is 0.520. The van der Waals surface area contributed by atoms with E-state index in [1.54, 1.807) is 0 Å². The Kier molecular flexibility index (Phi) is 22.2. The standard InChI is InChI=1S/C32H52N2S2/c1-3-5-7-9-11-13-15-17-19-21-23-35-31-25-29(27-33)30(28-34)26-32(31)36-24-22-20-18-16-14-12-10-8-6-4-2/h25-26H,3-24H2,1-2H3. The molecule has 0 unspecified atom stereocenters. The van der Waals surface area contributed by atoms with Gasteiger partial charge in [-0.3, -0.25) is 0 Å². The summed E-state index contributed by atoms with van der Waals surface area (Å²) in [7, 11) is 0. The van der Waals surface area contributed by atoms with Crippen LogP contribution in [0.2, 0.25) is 0 Å². The molecule has 0 aliphatic heterocycles. The first-order chi connectivity index (χ1) is 17.8. The van der Waals surface area contributed by atoms with E-state index in [0.717, 1.165) is 11.5 Å². The third-order valence-corrected chi connectivity index (χ3v) is 9.25. The van der Waals surface area contributed by atoms with Crippen LogP contribution in [0.15, 0.2) is 21.9 Å². The summed E-state index contributed by atoms with van der Waals surface area (Å²) in [4.78, 5) is 2.39. The maximum Gasteiger partial charge on any atom is 0.101 e. The van der Waals surface area contributed by atoms with Crippen LogP contribution in [0, 0.1) is 22.7 Å². The lowest BCUT2D eigenvalue weighted by Gasteiger charge is -2.11. The molecule has 0 amide bonds. The molecule has 0 spiro atoms. The van der Waals surface area contributed by atoms with Gasteiger partial charge >= 0.3 is 0 Å². The van der Waals surface area contributed by atoms with Gasteiger partial charge in [-0.15, -0.1) is 23.5 Å². The van der Waals surface area contributed by atoms with E-state index in [2.05, 4.69) is 26.0 Å². The third kappa shape index (κ3) is 16.6. The molecule has 0 saturated carbocycles. The Morgan fingerprint density at radius 1 is 0.472 bits per heavy atom. The van der Waals surface area contributed by atoms with Gasteiger partial charge in [-0.2, -0.15) is 10.5 Å². The van der Waals surface area contributed by atoms with Gasteiger partial charge in [-0.05, 0) is 36.5 Å². The Bertz CT molecular complexity index is 685. The highest BCUT2D eigenvalue weighted by molar-refractivity contribution is 8.02. The van der Waals surface area contributed by atoms with Gasteiger partial charge in [0.05, 0.1) is 11.1 Å². The number of nitriles is 2. The normalized spacial score (nSPS) is 10.9. The number of hydrogen-bond donors (Lipinski definition) is 0. The predicted molar refractivity (Wildman–Crippen MR) is 161 cm³/mol. The average molecular weight is 529 g/mol. The molecule has 0 fully saturated rings. The topological polar surface area (TPSA) is 47.6 Å². The quantitative estimate of drug-likeness (QED) is 0.0988. The molecule has 202 valence electrons. The summed E-state index contributed by atoms with van der Waals surface area (Å²) in [5.74, 6) is 2.19. The van der Waals surface area contributed by atoms with Crippen molar-refractivity contribution < 1.29 is 0 Å². The SMILES string of the molecule is CCCCCCCCCCCCSc1cc(C#N)c(C#N)cc1SCCCCCCCCCCCC. The largest absolute Gasteiger partial charge is 0.192 e. The van der Waals surface area contributed by atoms with Crippen LogP contribution in [0.5, 0.6) is 0 Å². The molecule has 0 bridgehead atoms. The van der Waals surface area contributed by atoms with Gasteiger partial charge in [0.15, 0.2) is 0 Å². The lowest BCUT2D eigenvalue weighted by atomic mass is 10.1. The smallest absolute Gasteiger partial charge is 0.101 e. The lowest BCUT2D eigenvalue weighted by molar-refractivity contribution is 0.563. The monoisotopic (exact) mass is 528 g/mol. The van der Waals surface area contributed by atoms with Crippen LogP contribution in [0.3, 0.4) is 0 Å². The average Bonchev–Trinajstić information content (AvgIpc) is 2.90. The summed E-state index contributed by atoms with van der Waals surface area (Å²) in [5, 5.41) is 19.0. The number of rotatable bonds is 24. The summed E-state index contributed by atoms with van der Waals surface area (Å²) in [6, 6.07) is 8.36. The zero-order chi connectivity index (χ0) is 26.1. The minimum atomic E-state index is 0.520. The van der Waals surface area contributed by atoms with Crippen molar-refractivity contribution in [2.75, 3.05) is 11.5 Å². The van der Waals surface area contributed by atoms with Crippen molar-refractivity contribution in [3.63, 3.8) is 0 Å². The van der Waals surface area contributed by atoms with Crippen molar-refractivity contribution in [2.45, 2.75) is 152 Å². The van der Waals surface area contributed by atoms with E-state index in [-0.39, 0.29) is 0 Å². The zero-order valence-electron chi connectivity index (χ0n) is 23.4. The van der Waals surface area contributed by atoms with Crippen LogP contribution < -0.4 is 0 Å². The first-order valence-corrected chi connectivity index (χ1v) is 17.0. The van der Waals surface area contributed by atoms with E-state index < -0.39 is 0 Å². The Labute approximate surface area is 232 Å². The van der Waals surface area contributed by atoms with Crippen molar-refractivity contribution in [3.8, 4) is 12.1 Å². The molecule has 0 aliphatic carbocycles. The Morgan fingerprint density at radius 3 is 1.03 bits per heavy atom. The van der Waals surface area contributed by atoms with Crippen molar-refractivity contribution in [3.05, 3.63) is 23.3 Å². The van der Waals surface area contributed by atoms with Crippen molar-refractivity contribution in [1.82, 2.24) is 0 Å². The second kappa shape index (κ2) is 24.2. The van der Waals surface area contributed by atoms with Crippen LogP contribution in [0.1, 0.15) is 153 Å². The molecule has 0 aliphatic rings. The van der Waals surface area contributed by atoms with Crippen LogP contribution in [0.4, 0.5) is 0 Å². The lowest BCUT2D eigenvalue weighted by Crippen LogP contribution is -1.92. The van der Waals surface area contributed by atoms with Crippen LogP contribution in [-0.2, 0) is 0 Å². The predicted octanol–water partition coefficient (Wildman–Crippen LogP) is 11.5. The first-order valence-electron chi connectivity index (χ1n) is 15.0. The van der Waals surface area contributed by atoms with E-state index in [1.807, 2.05) is 35.7 Å². The third-order valence-electron chi connectivity index (χ3n) is 6.84. The molecular weight excluding hydrogens is 477 g/mol. The highest BCUT2D eigenvalue weighted by Crippen LogP contribution is 2.34. The van der Waals surface area contributed by atoms with Crippen LogP contribution in [0.25, 0.3) is 0 Å². The number of thioether (sulfide) groups is 2. The molecule has 4 heteroatoms. The zero-order valence-corrected chi connectivity index (χ0v) is 25.1. The maximum absolute atomic E-state index is 9.49. The molecule has 1 aromatic carbocycles. The van der Waals surface area contributed by atoms with Gasteiger partial charge in [0.1, 0.15) is 12.1 Å². The highest BCUT2D eigenvalue weighted by atomic mass is 32.2. The number of hydrogen-bond acceptors (Lipinski definition) is 4. The van der Waals surface area contributed by atoms with Crippen molar-refractivity contribution in [2.24, 2.45) is 0 Å². The van der Waals surface area contributed by atoms with Crippen molar-refractivity contribution >= 4 is 23.5 Å². The maximum atomic E-state index is 9.49. The summed E-state index contributed by atoms with van der Waals surface area (Å²) in [6.45, 7) is 4.55. The number of benzene rings is 1. The summed E-state index contributed by atoms with van der Waals surface area (Å²) < 4.78 is 0. The van der Waals surface area contributed by atoms with E-state index in [1.165, 1.54) is 138 Å². The van der Waals surface area contributed by atoms with E-state index in [9.17, 15) is 10.5 Å². The van der Waals surface area contributed by atoms with Gasteiger partial charge in [-0.1, -0.05) is 129 Å². The molecule has 0 aromatic heterocycles. The van der Waals surface area contributed by atoms with Gasteiger partial charge in [-0.25, -0.2) is 0 Å². The first kappa shape index (κ1) is 32.9. The van der Waals surface area contributed by atoms with E-state index >= 15 is 0 Å². The van der Waals surface area contributed by atoms with Gasteiger partial charge in [0.2, 0.25) is 0 Å². The molecule has 0 saturated heterocycles. The molecule has 0 heterocycles. The molecular formula is C32H52N2S2. The van der Waals surface area contributed by atoms with Crippen LogP contribution >= 0.6 is 23.5 Å². The summed E-state index contributed by atoms with van der Waals surface area (Å²) >= 11 is 3.75. The molecule has 0 atom stereocenters. The second-order valence-corrected chi connectivity index (χ2v) is 12.4. The summed E-state index contributed by atoms with van der Waals surface area (Å²) in [6.07, 6.45) is 27.1.